The van der Waals surface area contributed by atoms with Gasteiger partial charge in [0.25, 0.3) is 0 Å². The van der Waals surface area contributed by atoms with Gasteiger partial charge in [-0.05, 0) is 31.9 Å². The Bertz CT molecular complexity index is 444. The Hall–Kier alpha value is -1.55. The molecule has 0 saturated carbocycles. The van der Waals surface area contributed by atoms with Crippen LogP contribution < -0.4 is 15.4 Å². The van der Waals surface area contributed by atoms with E-state index >= 15 is 0 Å². The summed E-state index contributed by atoms with van der Waals surface area (Å²) in [5.41, 5.74) is 2.41. The molecule has 118 valence electrons. The van der Waals surface area contributed by atoms with Crippen molar-refractivity contribution in [2.75, 3.05) is 20.2 Å². The van der Waals surface area contributed by atoms with E-state index in [2.05, 4.69) is 43.5 Å². The summed E-state index contributed by atoms with van der Waals surface area (Å²) in [5.74, 6) is 1.60. The maximum atomic E-state index is 11.2. The van der Waals surface area contributed by atoms with Gasteiger partial charge in [0.1, 0.15) is 5.75 Å². The minimum absolute atomic E-state index is 0.0568. The molecule has 1 aromatic rings. The molecule has 2 N–H and O–H groups in total. The van der Waals surface area contributed by atoms with E-state index in [4.69, 9.17) is 4.74 Å². The standard InChI is InChI=1S/C17H28N2O2/c1-13(2)11-19-12-15-10-14(3)7-8-16(15)21-9-5-6-17(20)18-4/h7-8,10,13,19H,5-6,9,11-12H2,1-4H3,(H,18,20). The molecule has 1 amide bonds. The maximum absolute atomic E-state index is 11.2. The lowest BCUT2D eigenvalue weighted by Gasteiger charge is -2.14. The van der Waals surface area contributed by atoms with Gasteiger partial charge in [0.05, 0.1) is 6.61 Å². The summed E-state index contributed by atoms with van der Waals surface area (Å²) in [6.07, 6.45) is 1.23. The molecular formula is C17H28N2O2. The number of nitrogens with one attached hydrogen (secondary N) is 2. The maximum Gasteiger partial charge on any atom is 0.219 e. The molecule has 1 rings (SSSR count). The zero-order chi connectivity index (χ0) is 15.7. The minimum atomic E-state index is 0.0568. The molecule has 0 atom stereocenters. The summed E-state index contributed by atoms with van der Waals surface area (Å²) >= 11 is 0. The third kappa shape index (κ3) is 7.14. The van der Waals surface area contributed by atoms with E-state index < -0.39 is 0 Å². The molecule has 0 aliphatic rings. The monoisotopic (exact) mass is 292 g/mol. The predicted molar refractivity (Wildman–Crippen MR) is 86.5 cm³/mol. The third-order valence-corrected chi connectivity index (χ3v) is 3.17. The number of hydrogen-bond donors (Lipinski definition) is 2. The molecule has 0 heterocycles. The lowest BCUT2D eigenvalue weighted by molar-refractivity contribution is -0.120. The fourth-order valence-electron chi connectivity index (χ4n) is 2.02. The second-order valence-electron chi connectivity index (χ2n) is 5.76. The van der Waals surface area contributed by atoms with Gasteiger partial charge in [0, 0.05) is 25.6 Å². The number of carbonyl (C=O) groups excluding carboxylic acids is 1. The molecule has 0 unspecified atom stereocenters. The Morgan fingerprint density at radius 3 is 2.76 bits per heavy atom. The fourth-order valence-corrected chi connectivity index (χ4v) is 2.02. The van der Waals surface area contributed by atoms with E-state index in [1.165, 1.54) is 11.1 Å². The van der Waals surface area contributed by atoms with Crippen molar-refractivity contribution in [3.8, 4) is 5.75 Å². The highest BCUT2D eigenvalue weighted by Crippen LogP contribution is 2.20. The summed E-state index contributed by atoms with van der Waals surface area (Å²) in [7, 11) is 1.65. The normalized spacial score (nSPS) is 10.7. The summed E-state index contributed by atoms with van der Waals surface area (Å²) in [5, 5.41) is 6.06. The van der Waals surface area contributed by atoms with Crippen LogP contribution in [0.15, 0.2) is 18.2 Å². The van der Waals surface area contributed by atoms with Gasteiger partial charge in [-0.25, -0.2) is 0 Å². The first-order valence-electron chi connectivity index (χ1n) is 7.66. The van der Waals surface area contributed by atoms with E-state index in [1.54, 1.807) is 7.05 Å². The molecule has 0 saturated heterocycles. The summed E-state index contributed by atoms with van der Waals surface area (Å²) in [6.45, 7) is 8.84. The average molecular weight is 292 g/mol. The molecule has 0 fully saturated rings. The Morgan fingerprint density at radius 2 is 2.10 bits per heavy atom. The second kappa shape index (κ2) is 9.40. The van der Waals surface area contributed by atoms with Gasteiger partial charge in [-0.2, -0.15) is 0 Å². The average Bonchev–Trinajstić information content (AvgIpc) is 2.44. The van der Waals surface area contributed by atoms with E-state index in [0.717, 1.165) is 25.3 Å². The fraction of sp³-hybridized carbons (Fsp3) is 0.588. The molecule has 4 heteroatoms. The number of benzene rings is 1. The van der Waals surface area contributed by atoms with Crippen LogP contribution in [0.2, 0.25) is 0 Å². The van der Waals surface area contributed by atoms with Crippen LogP contribution in [0.3, 0.4) is 0 Å². The van der Waals surface area contributed by atoms with Crippen molar-refractivity contribution in [3.63, 3.8) is 0 Å². The lowest BCUT2D eigenvalue weighted by atomic mass is 10.1. The first-order valence-corrected chi connectivity index (χ1v) is 7.66. The van der Waals surface area contributed by atoms with Crippen molar-refractivity contribution in [2.45, 2.75) is 40.2 Å². The first-order chi connectivity index (χ1) is 10.0. The van der Waals surface area contributed by atoms with Crippen molar-refractivity contribution in [1.29, 1.82) is 0 Å². The quantitative estimate of drug-likeness (QED) is 0.688. The highest BCUT2D eigenvalue weighted by atomic mass is 16.5. The zero-order valence-corrected chi connectivity index (χ0v) is 13.7. The minimum Gasteiger partial charge on any atom is -0.493 e. The molecule has 4 nitrogen and oxygen atoms in total. The number of aryl methyl sites for hydroxylation is 1. The van der Waals surface area contributed by atoms with Gasteiger partial charge >= 0.3 is 0 Å². The smallest absolute Gasteiger partial charge is 0.219 e. The van der Waals surface area contributed by atoms with Crippen LogP contribution >= 0.6 is 0 Å². The number of ether oxygens (including phenoxy) is 1. The van der Waals surface area contributed by atoms with Crippen LogP contribution in [0.5, 0.6) is 5.75 Å². The van der Waals surface area contributed by atoms with Crippen molar-refractivity contribution in [1.82, 2.24) is 10.6 Å². The largest absolute Gasteiger partial charge is 0.493 e. The highest BCUT2D eigenvalue weighted by molar-refractivity contribution is 5.75. The number of hydrogen-bond acceptors (Lipinski definition) is 3. The molecule has 0 aromatic heterocycles. The molecule has 0 aliphatic carbocycles. The highest BCUT2D eigenvalue weighted by Gasteiger charge is 2.05. The second-order valence-corrected chi connectivity index (χ2v) is 5.76. The van der Waals surface area contributed by atoms with Crippen molar-refractivity contribution in [3.05, 3.63) is 29.3 Å². The lowest BCUT2D eigenvalue weighted by Crippen LogP contribution is -2.20. The van der Waals surface area contributed by atoms with Crippen molar-refractivity contribution < 1.29 is 9.53 Å². The van der Waals surface area contributed by atoms with Crippen molar-refractivity contribution >= 4 is 5.91 Å². The van der Waals surface area contributed by atoms with Gasteiger partial charge in [0.2, 0.25) is 5.91 Å². The van der Waals surface area contributed by atoms with Gasteiger partial charge in [-0.3, -0.25) is 4.79 Å². The number of carbonyl (C=O) groups is 1. The van der Waals surface area contributed by atoms with Gasteiger partial charge in [-0.1, -0.05) is 31.5 Å². The van der Waals surface area contributed by atoms with E-state index in [1.807, 2.05) is 6.07 Å². The molecule has 0 aliphatic heterocycles. The SMILES string of the molecule is CNC(=O)CCCOc1ccc(C)cc1CNCC(C)C. The van der Waals surface area contributed by atoms with Crippen molar-refractivity contribution in [2.24, 2.45) is 5.92 Å². The van der Waals surface area contributed by atoms with Crippen LogP contribution in [0.1, 0.15) is 37.8 Å². The number of rotatable bonds is 9. The van der Waals surface area contributed by atoms with Crippen LogP contribution in [0.4, 0.5) is 0 Å². The van der Waals surface area contributed by atoms with Gasteiger partial charge in [-0.15, -0.1) is 0 Å². The molecule has 1 aromatic carbocycles. The Labute approximate surface area is 128 Å². The molecule has 21 heavy (non-hydrogen) atoms. The van der Waals surface area contributed by atoms with E-state index in [-0.39, 0.29) is 5.91 Å². The molecule has 0 radical (unpaired) electrons. The van der Waals surface area contributed by atoms with Crippen LogP contribution in [-0.4, -0.2) is 26.1 Å². The molecule has 0 bridgehead atoms. The zero-order valence-electron chi connectivity index (χ0n) is 13.7. The Kier molecular flexibility index (Phi) is 7.83. The Morgan fingerprint density at radius 1 is 1.33 bits per heavy atom. The van der Waals surface area contributed by atoms with E-state index in [9.17, 15) is 4.79 Å². The third-order valence-electron chi connectivity index (χ3n) is 3.17. The predicted octanol–water partition coefficient (Wildman–Crippen LogP) is 2.65. The molecular weight excluding hydrogens is 264 g/mol. The first kappa shape index (κ1) is 17.5. The Balaban J connectivity index is 2.49. The summed E-state index contributed by atoms with van der Waals surface area (Å²) in [4.78, 5) is 11.2. The van der Waals surface area contributed by atoms with E-state index in [0.29, 0.717) is 18.9 Å². The van der Waals surface area contributed by atoms with Gasteiger partial charge in [0.15, 0.2) is 0 Å². The molecule has 0 spiro atoms. The summed E-state index contributed by atoms with van der Waals surface area (Å²) < 4.78 is 5.82. The van der Waals surface area contributed by atoms with Gasteiger partial charge < -0.3 is 15.4 Å². The van der Waals surface area contributed by atoms with Crippen LogP contribution in [0.25, 0.3) is 0 Å². The summed E-state index contributed by atoms with van der Waals surface area (Å²) in [6, 6.07) is 6.23. The van der Waals surface area contributed by atoms with Crippen LogP contribution in [0, 0.1) is 12.8 Å². The van der Waals surface area contributed by atoms with Crippen LogP contribution in [-0.2, 0) is 11.3 Å². The topological polar surface area (TPSA) is 50.4 Å². The number of amides is 1.